The maximum absolute atomic E-state index is 5.10. The lowest BCUT2D eigenvalue weighted by atomic mass is 9.67. The molecule has 1 aliphatic heterocycles. The molecule has 1 heterocycles. The molecule has 3 nitrogen and oxygen atoms in total. The SMILES string of the molecule is C#CB1NBNBN1. The Morgan fingerprint density at radius 2 is 2.00 bits per heavy atom. The van der Waals surface area contributed by atoms with Crippen molar-refractivity contribution in [3.8, 4) is 12.2 Å². The van der Waals surface area contributed by atoms with E-state index in [-0.39, 0.29) is 6.98 Å². The van der Waals surface area contributed by atoms with Crippen LogP contribution in [0.4, 0.5) is 0 Å². The summed E-state index contributed by atoms with van der Waals surface area (Å²) < 4.78 is 0. The van der Waals surface area contributed by atoms with Gasteiger partial charge in [0.2, 0.25) is 0 Å². The van der Waals surface area contributed by atoms with E-state index in [4.69, 9.17) is 6.42 Å². The molecule has 0 radical (unpaired) electrons. The molecule has 1 aliphatic rings. The van der Waals surface area contributed by atoms with Crippen LogP contribution < -0.4 is 15.4 Å². The van der Waals surface area contributed by atoms with Crippen LogP contribution in [0.5, 0.6) is 0 Å². The molecule has 0 atom stereocenters. The standard InChI is InChI=1S/C2H6B3N3/c1-2-5-7-3-6-4-8-5/h1,3-4,6-8H. The summed E-state index contributed by atoms with van der Waals surface area (Å²) in [6.07, 6.45) is 5.10. The van der Waals surface area contributed by atoms with Crippen molar-refractivity contribution in [2.24, 2.45) is 0 Å². The highest BCUT2D eigenvalue weighted by Gasteiger charge is 2.14. The smallest absolute Gasteiger partial charge is 0.373 e. The Morgan fingerprint density at radius 3 is 2.38 bits per heavy atom. The first-order valence-corrected chi connectivity index (χ1v) is 2.57. The van der Waals surface area contributed by atoms with E-state index in [1.54, 1.807) is 0 Å². The molecule has 0 aliphatic carbocycles. The molecule has 1 rings (SSSR count). The molecule has 0 saturated carbocycles. The highest BCUT2D eigenvalue weighted by atomic mass is 15.0. The van der Waals surface area contributed by atoms with Gasteiger partial charge in [-0.15, -0.1) is 12.2 Å². The minimum atomic E-state index is 0.0521. The Hall–Kier alpha value is -0.365. The largest absolute Gasteiger partial charge is 0.378 e. The molecule has 0 amide bonds. The molecular weight excluding hydrogens is 98.5 g/mol. The second-order valence-electron chi connectivity index (χ2n) is 1.61. The van der Waals surface area contributed by atoms with Crippen LogP contribution in [0.3, 0.4) is 0 Å². The third kappa shape index (κ3) is 1.30. The maximum Gasteiger partial charge on any atom is 0.373 e. The Labute approximate surface area is 50.7 Å². The minimum Gasteiger partial charge on any atom is -0.378 e. The van der Waals surface area contributed by atoms with Crippen LogP contribution in [0.25, 0.3) is 0 Å². The molecule has 0 aromatic heterocycles. The second-order valence-corrected chi connectivity index (χ2v) is 1.61. The summed E-state index contributed by atoms with van der Waals surface area (Å²) in [5.41, 5.74) is 0. The molecule has 8 heavy (non-hydrogen) atoms. The highest BCUT2D eigenvalue weighted by molar-refractivity contribution is 6.79. The van der Waals surface area contributed by atoms with E-state index in [1.165, 1.54) is 0 Å². The predicted octanol–water partition coefficient (Wildman–Crippen LogP) is -3.04. The van der Waals surface area contributed by atoms with Gasteiger partial charge in [0.1, 0.15) is 0 Å². The van der Waals surface area contributed by atoms with E-state index in [2.05, 4.69) is 21.2 Å². The van der Waals surface area contributed by atoms with Crippen LogP contribution >= 0.6 is 0 Å². The van der Waals surface area contributed by atoms with Gasteiger partial charge in [0.25, 0.3) is 15.1 Å². The molecule has 0 aromatic rings. The van der Waals surface area contributed by atoms with Crippen molar-refractivity contribution in [1.82, 2.24) is 15.4 Å². The van der Waals surface area contributed by atoms with Crippen molar-refractivity contribution in [2.45, 2.75) is 0 Å². The van der Waals surface area contributed by atoms with Crippen LogP contribution in [-0.4, -0.2) is 22.1 Å². The fourth-order valence-electron chi connectivity index (χ4n) is 0.601. The lowest BCUT2D eigenvalue weighted by molar-refractivity contribution is 1.26. The third-order valence-electron chi connectivity index (χ3n) is 1.03. The van der Waals surface area contributed by atoms with Gasteiger partial charge < -0.3 is 15.4 Å². The van der Waals surface area contributed by atoms with E-state index in [0.29, 0.717) is 0 Å². The summed E-state index contributed by atoms with van der Waals surface area (Å²) in [6, 6.07) is 0. The van der Waals surface area contributed by atoms with Crippen molar-refractivity contribution >= 4 is 22.1 Å². The van der Waals surface area contributed by atoms with Gasteiger partial charge in [-0.2, -0.15) is 0 Å². The Bertz CT molecular complexity index is 104. The van der Waals surface area contributed by atoms with Gasteiger partial charge in [-0.1, -0.05) is 0 Å². The van der Waals surface area contributed by atoms with Crippen molar-refractivity contribution in [3.05, 3.63) is 0 Å². The monoisotopic (exact) mass is 105 g/mol. The maximum atomic E-state index is 5.10. The molecule has 0 bridgehead atoms. The van der Waals surface area contributed by atoms with E-state index < -0.39 is 0 Å². The van der Waals surface area contributed by atoms with Gasteiger partial charge in [0.05, 0.1) is 0 Å². The van der Waals surface area contributed by atoms with Crippen molar-refractivity contribution in [3.63, 3.8) is 0 Å². The fourth-order valence-corrected chi connectivity index (χ4v) is 0.601. The zero-order valence-electron chi connectivity index (χ0n) is 4.57. The van der Waals surface area contributed by atoms with Crippen molar-refractivity contribution in [1.29, 1.82) is 0 Å². The zero-order chi connectivity index (χ0) is 5.82. The normalized spacial score (nSPS) is 18.1. The first-order chi connectivity index (χ1) is 3.93. The molecular formula is C2H6B3N3. The summed E-state index contributed by atoms with van der Waals surface area (Å²) in [5.74, 6) is 2.54. The van der Waals surface area contributed by atoms with Gasteiger partial charge in [-0.05, 0) is 0 Å². The molecule has 6 heteroatoms. The Balaban J connectivity index is 2.25. The van der Waals surface area contributed by atoms with Crippen LogP contribution in [0.15, 0.2) is 0 Å². The number of rotatable bonds is 0. The van der Waals surface area contributed by atoms with Crippen LogP contribution in [0, 0.1) is 12.2 Å². The number of terminal acetylenes is 1. The van der Waals surface area contributed by atoms with E-state index in [1.807, 2.05) is 0 Å². The quantitative estimate of drug-likeness (QED) is 0.226. The van der Waals surface area contributed by atoms with Gasteiger partial charge in [0, 0.05) is 0 Å². The topological polar surface area (TPSA) is 36.1 Å². The average Bonchev–Trinajstić information content (AvgIpc) is 1.90. The molecule has 3 N–H and O–H groups in total. The molecule has 0 unspecified atom stereocenters. The number of nitrogens with one attached hydrogen (secondary N) is 3. The van der Waals surface area contributed by atoms with Gasteiger partial charge in [-0.25, -0.2) is 0 Å². The number of hydrogen-bond donors (Lipinski definition) is 3. The van der Waals surface area contributed by atoms with Gasteiger partial charge in [-0.3, -0.25) is 0 Å². The van der Waals surface area contributed by atoms with Crippen LogP contribution in [-0.2, 0) is 0 Å². The van der Waals surface area contributed by atoms with E-state index in [9.17, 15) is 0 Å². The van der Waals surface area contributed by atoms with E-state index >= 15 is 0 Å². The summed E-state index contributed by atoms with van der Waals surface area (Å²) >= 11 is 0. The van der Waals surface area contributed by atoms with Gasteiger partial charge >= 0.3 is 6.98 Å². The molecule has 1 saturated heterocycles. The lowest BCUT2D eigenvalue weighted by Crippen LogP contribution is -2.62. The summed E-state index contributed by atoms with van der Waals surface area (Å²) in [4.78, 5) is 0. The third-order valence-corrected chi connectivity index (χ3v) is 1.03. The van der Waals surface area contributed by atoms with Crippen molar-refractivity contribution < 1.29 is 0 Å². The summed E-state index contributed by atoms with van der Waals surface area (Å²) in [7, 11) is 1.59. The predicted molar refractivity (Wildman–Crippen MR) is 38.3 cm³/mol. The Kier molecular flexibility index (Phi) is 2.04. The first kappa shape index (κ1) is 5.77. The first-order valence-electron chi connectivity index (χ1n) is 2.57. The van der Waals surface area contributed by atoms with Crippen LogP contribution in [0.1, 0.15) is 0 Å². The second kappa shape index (κ2) is 2.83. The zero-order valence-corrected chi connectivity index (χ0v) is 4.57. The Morgan fingerprint density at radius 1 is 1.38 bits per heavy atom. The fraction of sp³-hybridized carbons (Fsp3) is 0. The number of hydrogen-bond acceptors (Lipinski definition) is 3. The van der Waals surface area contributed by atoms with Gasteiger partial charge in [0.15, 0.2) is 0 Å². The summed E-state index contributed by atoms with van der Waals surface area (Å²) in [5, 5.41) is 9.05. The minimum absolute atomic E-state index is 0.0521. The summed E-state index contributed by atoms with van der Waals surface area (Å²) in [6.45, 7) is 0.0521. The molecule has 0 spiro atoms. The highest BCUT2D eigenvalue weighted by Crippen LogP contribution is 1.65. The molecule has 0 aromatic carbocycles. The van der Waals surface area contributed by atoms with Crippen molar-refractivity contribution in [2.75, 3.05) is 0 Å². The molecule has 38 valence electrons. The van der Waals surface area contributed by atoms with Crippen LogP contribution in [0.2, 0.25) is 0 Å². The molecule has 1 fully saturated rings. The lowest BCUT2D eigenvalue weighted by Gasteiger charge is -2.15. The average molecular weight is 105 g/mol. The van der Waals surface area contributed by atoms with E-state index in [0.717, 1.165) is 15.1 Å².